The molecule has 0 saturated carbocycles. The summed E-state index contributed by atoms with van der Waals surface area (Å²) in [7, 11) is 6.52. The first-order valence-corrected chi connectivity index (χ1v) is 17.4. The van der Waals surface area contributed by atoms with Gasteiger partial charge in [0.05, 0.1) is 14.2 Å². The van der Waals surface area contributed by atoms with Crippen LogP contribution in [0.5, 0.6) is 23.0 Å². The van der Waals surface area contributed by atoms with Crippen LogP contribution in [0.25, 0.3) is 0 Å². The number of ketones is 2. The number of nitrogens with zero attached hydrogens (tertiary/aromatic N) is 2. The van der Waals surface area contributed by atoms with Crippen LogP contribution in [0.3, 0.4) is 0 Å². The third kappa shape index (κ3) is 11.3. The van der Waals surface area contributed by atoms with Crippen LogP contribution in [0.2, 0.25) is 0 Å². The van der Waals surface area contributed by atoms with E-state index in [1.807, 2.05) is 74.4 Å². The maximum Gasteiger partial charge on any atom is 0.584 e. The summed E-state index contributed by atoms with van der Waals surface area (Å²) in [5, 5.41) is 0. The number of phosphoric acid groups is 1. The Hall–Kier alpha value is -4.47. The van der Waals surface area contributed by atoms with Crippen molar-refractivity contribution in [3.8, 4) is 23.0 Å². The van der Waals surface area contributed by atoms with Crippen LogP contribution >= 0.6 is 7.82 Å². The molecular weight excluding hydrogens is 643 g/mol. The number of benzene rings is 4. The molecule has 4 aromatic carbocycles. The summed E-state index contributed by atoms with van der Waals surface area (Å²) in [6.45, 7) is 1.41. The average Bonchev–Trinajstić information content (AvgIpc) is 3.05. The van der Waals surface area contributed by atoms with Crippen LogP contribution < -0.4 is 18.5 Å². The lowest BCUT2D eigenvalue weighted by molar-refractivity contribution is 0.0975. The van der Waals surface area contributed by atoms with Crippen LogP contribution in [0.4, 0.5) is 0 Å². The SMILES string of the molecule is COc1ccc(CCC(=O)c2cccc(OP(=O)(O)Oc3cccc(C(=O)CCc4ccc(OC)c(CN(C)C)c4)c3)c2)cc1CN(C)C. The molecule has 0 aliphatic carbocycles. The number of carbonyl (C=O) groups is 2. The number of hydrogen-bond donors (Lipinski definition) is 1. The predicted octanol–water partition coefficient (Wildman–Crippen LogP) is 7.02. The molecule has 10 nitrogen and oxygen atoms in total. The van der Waals surface area contributed by atoms with Gasteiger partial charge in [-0.2, -0.15) is 0 Å². The fraction of sp³-hybridized carbons (Fsp3) is 0.316. The van der Waals surface area contributed by atoms with Gasteiger partial charge in [-0.3, -0.25) is 14.5 Å². The Morgan fingerprint density at radius 2 is 1.04 bits per heavy atom. The van der Waals surface area contributed by atoms with Gasteiger partial charge in [0.2, 0.25) is 0 Å². The van der Waals surface area contributed by atoms with E-state index in [2.05, 4.69) is 0 Å². The number of aryl methyl sites for hydroxylation is 2. The Labute approximate surface area is 288 Å². The zero-order valence-electron chi connectivity index (χ0n) is 29.0. The lowest BCUT2D eigenvalue weighted by Gasteiger charge is -2.15. The van der Waals surface area contributed by atoms with Crippen molar-refractivity contribution in [2.75, 3.05) is 42.4 Å². The molecule has 49 heavy (non-hydrogen) atoms. The van der Waals surface area contributed by atoms with Crippen molar-refractivity contribution in [2.45, 2.75) is 38.8 Å². The van der Waals surface area contributed by atoms with Crippen LogP contribution in [-0.2, 0) is 30.5 Å². The van der Waals surface area contributed by atoms with Gasteiger partial charge in [0.25, 0.3) is 0 Å². The van der Waals surface area contributed by atoms with Gasteiger partial charge in [0, 0.05) is 48.2 Å². The molecule has 260 valence electrons. The maximum atomic E-state index is 13.1. The smallest absolute Gasteiger partial charge is 0.496 e. The molecule has 0 atom stereocenters. The van der Waals surface area contributed by atoms with Crippen molar-refractivity contribution in [1.82, 2.24) is 9.80 Å². The molecule has 0 bridgehead atoms. The molecule has 0 aliphatic rings. The highest BCUT2D eigenvalue weighted by molar-refractivity contribution is 7.48. The number of carbonyl (C=O) groups excluding carboxylic acids is 2. The lowest BCUT2D eigenvalue weighted by atomic mass is 10.0. The summed E-state index contributed by atoms with van der Waals surface area (Å²) in [5.41, 5.74) is 4.76. The predicted molar refractivity (Wildman–Crippen MR) is 190 cm³/mol. The van der Waals surface area contributed by atoms with Gasteiger partial charge in [-0.05, 0) is 88.6 Å². The summed E-state index contributed by atoms with van der Waals surface area (Å²) in [5.74, 6) is 1.32. The summed E-state index contributed by atoms with van der Waals surface area (Å²) in [6, 6.07) is 24.0. The van der Waals surface area contributed by atoms with Crippen molar-refractivity contribution < 1.29 is 37.6 Å². The van der Waals surface area contributed by atoms with Gasteiger partial charge in [-0.15, -0.1) is 0 Å². The lowest BCUT2D eigenvalue weighted by Crippen LogP contribution is -2.12. The van der Waals surface area contributed by atoms with Gasteiger partial charge in [0.1, 0.15) is 23.0 Å². The van der Waals surface area contributed by atoms with E-state index in [9.17, 15) is 19.0 Å². The molecule has 0 saturated heterocycles. The summed E-state index contributed by atoms with van der Waals surface area (Å²) in [6.07, 6.45) is 1.51. The monoisotopic (exact) mass is 688 g/mol. The average molecular weight is 689 g/mol. The molecule has 11 heteroatoms. The highest BCUT2D eigenvalue weighted by Gasteiger charge is 2.26. The molecule has 4 rings (SSSR count). The Morgan fingerprint density at radius 1 is 0.633 bits per heavy atom. The normalized spacial score (nSPS) is 11.4. The maximum absolute atomic E-state index is 13.1. The number of phosphoric ester groups is 1. The second kappa shape index (κ2) is 17.3. The van der Waals surface area contributed by atoms with Crippen molar-refractivity contribution in [3.63, 3.8) is 0 Å². The molecule has 0 spiro atoms. The van der Waals surface area contributed by atoms with Crippen molar-refractivity contribution in [1.29, 1.82) is 0 Å². The van der Waals surface area contributed by atoms with E-state index in [-0.39, 0.29) is 35.9 Å². The summed E-state index contributed by atoms with van der Waals surface area (Å²) < 4.78 is 34.5. The molecular formula is C38H45N2O8P. The minimum atomic E-state index is -4.67. The van der Waals surface area contributed by atoms with Crippen LogP contribution in [0, 0.1) is 0 Å². The number of Topliss-reactive ketones (excluding diaryl/α,β-unsaturated/α-hetero) is 2. The first-order valence-electron chi connectivity index (χ1n) is 16.0. The standard InChI is InChI=1S/C38H45N2O8P/c1-39(2)25-31-21-27(15-19-37(31)45-5)13-17-35(41)29-9-7-11-33(23-29)47-49(43,44)48-34-12-8-10-30(24-34)36(42)18-14-28-16-20-38(46-6)32(22-28)26-40(3)4/h7-12,15-16,19-24H,13-14,17-18,25-26H2,1-6H3,(H,43,44). The van der Waals surface area contributed by atoms with Gasteiger partial charge in [-0.1, -0.05) is 48.5 Å². The largest absolute Gasteiger partial charge is 0.584 e. The van der Waals surface area contributed by atoms with Crippen molar-refractivity contribution >= 4 is 19.4 Å². The fourth-order valence-electron chi connectivity index (χ4n) is 5.45. The van der Waals surface area contributed by atoms with E-state index in [1.54, 1.807) is 38.5 Å². The van der Waals surface area contributed by atoms with Gasteiger partial charge < -0.3 is 28.3 Å². The van der Waals surface area contributed by atoms with Crippen molar-refractivity contribution in [3.05, 3.63) is 118 Å². The first-order chi connectivity index (χ1) is 23.3. The molecule has 0 heterocycles. The third-order valence-electron chi connectivity index (χ3n) is 7.70. The van der Waals surface area contributed by atoms with Crippen molar-refractivity contribution in [2.24, 2.45) is 0 Å². The molecule has 0 radical (unpaired) electrons. The molecule has 4 aromatic rings. The molecule has 0 fully saturated rings. The van der Waals surface area contributed by atoms with Crippen LogP contribution in [0.1, 0.15) is 55.8 Å². The van der Waals surface area contributed by atoms with Crippen LogP contribution in [-0.4, -0.2) is 68.7 Å². The van der Waals surface area contributed by atoms with E-state index in [4.69, 9.17) is 18.5 Å². The fourth-order valence-corrected chi connectivity index (χ4v) is 6.24. The Bertz CT molecular complexity index is 1680. The Morgan fingerprint density at radius 3 is 1.41 bits per heavy atom. The summed E-state index contributed by atoms with van der Waals surface area (Å²) in [4.78, 5) is 40.8. The summed E-state index contributed by atoms with van der Waals surface area (Å²) >= 11 is 0. The zero-order valence-corrected chi connectivity index (χ0v) is 29.9. The molecule has 0 aromatic heterocycles. The van der Waals surface area contributed by atoms with Gasteiger partial charge in [-0.25, -0.2) is 4.57 Å². The first kappa shape index (κ1) is 37.4. The third-order valence-corrected chi connectivity index (χ3v) is 8.58. The molecule has 0 aliphatic heterocycles. The molecule has 0 amide bonds. The highest BCUT2D eigenvalue weighted by atomic mass is 31.2. The van der Waals surface area contributed by atoms with E-state index in [1.165, 1.54) is 24.3 Å². The Kier molecular flexibility index (Phi) is 13.2. The minimum Gasteiger partial charge on any atom is -0.496 e. The van der Waals surface area contributed by atoms with Gasteiger partial charge >= 0.3 is 7.82 Å². The van der Waals surface area contributed by atoms with E-state index in [0.717, 1.165) is 33.8 Å². The zero-order chi connectivity index (χ0) is 35.6. The number of ether oxygens (including phenoxy) is 2. The van der Waals surface area contributed by atoms with E-state index < -0.39 is 7.82 Å². The van der Waals surface area contributed by atoms with E-state index in [0.29, 0.717) is 37.1 Å². The van der Waals surface area contributed by atoms with Gasteiger partial charge in [0.15, 0.2) is 11.6 Å². The quantitative estimate of drug-likeness (QED) is 0.0865. The second-order valence-electron chi connectivity index (χ2n) is 12.3. The van der Waals surface area contributed by atoms with Crippen LogP contribution in [0.15, 0.2) is 84.9 Å². The number of methoxy groups -OCH3 is 2. The topological polar surface area (TPSA) is 115 Å². The molecule has 0 unspecified atom stereocenters. The minimum absolute atomic E-state index is 0.00904. The number of hydrogen-bond acceptors (Lipinski definition) is 9. The number of rotatable bonds is 18. The second-order valence-corrected chi connectivity index (χ2v) is 13.6. The molecule has 1 N–H and O–H groups in total. The highest BCUT2D eigenvalue weighted by Crippen LogP contribution is 2.44. The Balaban J connectivity index is 1.35. The van der Waals surface area contributed by atoms with E-state index >= 15 is 0 Å².